The van der Waals surface area contributed by atoms with Gasteiger partial charge in [0.1, 0.15) is 0 Å². The summed E-state index contributed by atoms with van der Waals surface area (Å²) in [5.41, 5.74) is 4.08. The van der Waals surface area contributed by atoms with Crippen molar-refractivity contribution < 1.29 is 4.79 Å². The van der Waals surface area contributed by atoms with Crippen LogP contribution in [0, 0.1) is 6.92 Å². The Balaban J connectivity index is 1.58. The quantitative estimate of drug-likeness (QED) is 0.756. The van der Waals surface area contributed by atoms with Crippen molar-refractivity contribution >= 4 is 38.8 Å². The Morgan fingerprint density at radius 2 is 1.92 bits per heavy atom. The molecule has 0 saturated carbocycles. The predicted octanol–water partition coefficient (Wildman–Crippen LogP) is 4.24. The first-order valence-corrected chi connectivity index (χ1v) is 8.76. The van der Waals surface area contributed by atoms with Crippen LogP contribution in [0.2, 0.25) is 0 Å². The summed E-state index contributed by atoms with van der Waals surface area (Å²) in [6, 6.07) is 14.2. The fourth-order valence-corrected chi connectivity index (χ4v) is 3.37. The van der Waals surface area contributed by atoms with Gasteiger partial charge >= 0.3 is 0 Å². The molecule has 0 saturated heterocycles. The Hall–Kier alpha value is -2.40. The minimum atomic E-state index is 0.0259. The van der Waals surface area contributed by atoms with Crippen LogP contribution in [0.4, 0.5) is 11.4 Å². The van der Waals surface area contributed by atoms with Crippen LogP contribution >= 0.6 is 11.3 Å². The fourth-order valence-electron chi connectivity index (χ4n) is 2.56. The Kier molecular flexibility index (Phi) is 4.81. The summed E-state index contributed by atoms with van der Waals surface area (Å²) in [4.78, 5) is 18.7. The molecule has 0 unspecified atom stereocenters. The number of rotatable bonds is 5. The fraction of sp³-hybridized carbons (Fsp3) is 0.263. The van der Waals surface area contributed by atoms with Crippen molar-refractivity contribution in [3.05, 3.63) is 53.0 Å². The number of anilines is 2. The van der Waals surface area contributed by atoms with Gasteiger partial charge in [-0.1, -0.05) is 12.1 Å². The summed E-state index contributed by atoms with van der Waals surface area (Å²) in [7, 11) is 4.03. The molecule has 1 amide bonds. The average molecular weight is 339 g/mol. The van der Waals surface area contributed by atoms with Crippen LogP contribution < -0.4 is 10.2 Å². The largest absolute Gasteiger partial charge is 0.378 e. The van der Waals surface area contributed by atoms with E-state index in [2.05, 4.69) is 39.5 Å². The number of fused-ring (bicyclic) bond motifs is 1. The van der Waals surface area contributed by atoms with Gasteiger partial charge in [0.15, 0.2) is 0 Å². The summed E-state index contributed by atoms with van der Waals surface area (Å²) in [5.74, 6) is 0.0259. The van der Waals surface area contributed by atoms with Crippen LogP contribution in [0.25, 0.3) is 10.2 Å². The van der Waals surface area contributed by atoms with E-state index in [1.807, 2.05) is 39.2 Å². The standard InChI is InChI=1S/C19H21N3OS/c1-13-20-17-12-15(7-10-18(17)24-13)21-19(23)11-6-14-4-8-16(9-5-14)22(2)3/h4-5,7-10,12H,6,11H2,1-3H3,(H,21,23). The van der Waals surface area contributed by atoms with Crippen LogP contribution in [0.3, 0.4) is 0 Å². The number of hydrogen-bond donors (Lipinski definition) is 1. The number of aromatic nitrogens is 1. The molecule has 0 bridgehead atoms. The molecule has 1 N–H and O–H groups in total. The van der Waals surface area contributed by atoms with Gasteiger partial charge in [-0.25, -0.2) is 4.98 Å². The van der Waals surface area contributed by atoms with Gasteiger partial charge in [0.2, 0.25) is 5.91 Å². The van der Waals surface area contributed by atoms with Crippen LogP contribution in [0.15, 0.2) is 42.5 Å². The second kappa shape index (κ2) is 7.01. The first kappa shape index (κ1) is 16.5. The second-order valence-corrected chi connectivity index (χ2v) is 7.26. The molecular formula is C19H21N3OS. The first-order valence-electron chi connectivity index (χ1n) is 7.94. The van der Waals surface area contributed by atoms with Crippen LogP contribution in [0.5, 0.6) is 0 Å². The number of amides is 1. The zero-order valence-corrected chi connectivity index (χ0v) is 15.0. The molecule has 0 aliphatic heterocycles. The van der Waals surface area contributed by atoms with E-state index < -0.39 is 0 Å². The lowest BCUT2D eigenvalue weighted by atomic mass is 10.1. The van der Waals surface area contributed by atoms with Gasteiger partial charge in [0, 0.05) is 31.9 Å². The SMILES string of the molecule is Cc1nc2cc(NC(=O)CCc3ccc(N(C)C)cc3)ccc2s1. The van der Waals surface area contributed by atoms with Crippen molar-refractivity contribution in [2.24, 2.45) is 0 Å². The van der Waals surface area contributed by atoms with E-state index in [0.717, 1.165) is 33.0 Å². The summed E-state index contributed by atoms with van der Waals surface area (Å²) in [5, 5.41) is 4.00. The average Bonchev–Trinajstić information content (AvgIpc) is 2.92. The molecule has 0 fully saturated rings. The third kappa shape index (κ3) is 3.92. The number of thiazole rings is 1. The number of nitrogens with one attached hydrogen (secondary N) is 1. The van der Waals surface area contributed by atoms with Gasteiger partial charge in [-0.15, -0.1) is 11.3 Å². The highest BCUT2D eigenvalue weighted by Crippen LogP contribution is 2.24. The van der Waals surface area contributed by atoms with Crippen molar-refractivity contribution in [3.63, 3.8) is 0 Å². The third-order valence-corrected chi connectivity index (χ3v) is 4.82. The van der Waals surface area contributed by atoms with Crippen LogP contribution in [0.1, 0.15) is 17.0 Å². The molecule has 1 aromatic heterocycles. The molecule has 3 rings (SSSR count). The highest BCUT2D eigenvalue weighted by atomic mass is 32.1. The molecule has 2 aromatic carbocycles. The zero-order chi connectivity index (χ0) is 17.1. The first-order chi connectivity index (χ1) is 11.5. The lowest BCUT2D eigenvalue weighted by Gasteiger charge is -2.12. The van der Waals surface area contributed by atoms with E-state index in [4.69, 9.17) is 0 Å². The smallest absolute Gasteiger partial charge is 0.224 e. The maximum atomic E-state index is 12.2. The maximum Gasteiger partial charge on any atom is 0.224 e. The van der Waals surface area contributed by atoms with Crippen LogP contribution in [-0.4, -0.2) is 25.0 Å². The van der Waals surface area contributed by atoms with E-state index in [0.29, 0.717) is 6.42 Å². The van der Waals surface area contributed by atoms with E-state index in [-0.39, 0.29) is 5.91 Å². The van der Waals surface area contributed by atoms with Gasteiger partial charge < -0.3 is 10.2 Å². The molecule has 0 atom stereocenters. The number of carbonyl (C=O) groups excluding carboxylic acids is 1. The molecule has 3 aromatic rings. The van der Waals surface area contributed by atoms with Gasteiger partial charge in [0.05, 0.1) is 15.2 Å². The minimum Gasteiger partial charge on any atom is -0.378 e. The van der Waals surface area contributed by atoms with Crippen molar-refractivity contribution in [1.29, 1.82) is 0 Å². The number of hydrogen-bond acceptors (Lipinski definition) is 4. The normalized spacial score (nSPS) is 10.8. The second-order valence-electron chi connectivity index (χ2n) is 6.02. The van der Waals surface area contributed by atoms with E-state index >= 15 is 0 Å². The maximum absolute atomic E-state index is 12.2. The minimum absolute atomic E-state index is 0.0259. The lowest BCUT2D eigenvalue weighted by molar-refractivity contribution is -0.116. The topological polar surface area (TPSA) is 45.2 Å². The summed E-state index contributed by atoms with van der Waals surface area (Å²) in [6.07, 6.45) is 1.20. The van der Waals surface area contributed by atoms with Crippen molar-refractivity contribution in [2.75, 3.05) is 24.3 Å². The van der Waals surface area contributed by atoms with E-state index in [9.17, 15) is 4.79 Å². The lowest BCUT2D eigenvalue weighted by Crippen LogP contribution is -2.12. The summed E-state index contributed by atoms with van der Waals surface area (Å²) < 4.78 is 1.14. The zero-order valence-electron chi connectivity index (χ0n) is 14.2. The molecule has 4 nitrogen and oxygen atoms in total. The molecule has 5 heteroatoms. The molecule has 124 valence electrons. The number of carbonyl (C=O) groups is 1. The summed E-state index contributed by atoms with van der Waals surface area (Å²) in [6.45, 7) is 1.99. The van der Waals surface area contributed by atoms with Crippen molar-refractivity contribution in [2.45, 2.75) is 19.8 Å². The van der Waals surface area contributed by atoms with Gasteiger partial charge in [-0.05, 0) is 49.2 Å². The Bertz CT molecular complexity index is 853. The highest BCUT2D eigenvalue weighted by molar-refractivity contribution is 7.18. The molecule has 1 heterocycles. The van der Waals surface area contributed by atoms with E-state index in [1.165, 1.54) is 5.56 Å². The molecule has 0 aliphatic carbocycles. The molecular weight excluding hydrogens is 318 g/mol. The Morgan fingerprint density at radius 3 is 2.62 bits per heavy atom. The number of aryl methyl sites for hydroxylation is 2. The third-order valence-electron chi connectivity index (χ3n) is 3.87. The Labute approximate surface area is 146 Å². The molecule has 0 radical (unpaired) electrons. The van der Waals surface area contributed by atoms with Gasteiger partial charge in [0.25, 0.3) is 0 Å². The summed E-state index contributed by atoms with van der Waals surface area (Å²) >= 11 is 1.66. The highest BCUT2D eigenvalue weighted by Gasteiger charge is 2.06. The van der Waals surface area contributed by atoms with Crippen molar-refractivity contribution in [1.82, 2.24) is 4.98 Å². The van der Waals surface area contributed by atoms with Crippen LogP contribution in [-0.2, 0) is 11.2 Å². The molecule has 0 spiro atoms. The van der Waals surface area contributed by atoms with Gasteiger partial charge in [-0.2, -0.15) is 0 Å². The number of nitrogens with zero attached hydrogens (tertiary/aromatic N) is 2. The molecule has 0 aliphatic rings. The predicted molar refractivity (Wildman–Crippen MR) is 102 cm³/mol. The molecule has 24 heavy (non-hydrogen) atoms. The Morgan fingerprint density at radius 1 is 1.17 bits per heavy atom. The monoisotopic (exact) mass is 339 g/mol. The van der Waals surface area contributed by atoms with Crippen molar-refractivity contribution in [3.8, 4) is 0 Å². The number of benzene rings is 2. The van der Waals surface area contributed by atoms with E-state index in [1.54, 1.807) is 11.3 Å². The van der Waals surface area contributed by atoms with Gasteiger partial charge in [-0.3, -0.25) is 4.79 Å².